The van der Waals surface area contributed by atoms with E-state index < -0.39 is 8.38 Å². The fraction of sp³-hybridized carbons (Fsp3) is 1.00. The van der Waals surface area contributed by atoms with E-state index in [1.165, 1.54) is 0 Å². The maximum absolute atomic E-state index is 10.2. The van der Waals surface area contributed by atoms with Crippen LogP contribution in [-0.2, 0) is 83.9 Å². The molecule has 0 aromatic carbocycles. The summed E-state index contributed by atoms with van der Waals surface area (Å²) in [4.78, 5) is 0. The Bertz CT molecular complexity index is 568. The average molecular weight is 933 g/mol. The largest absolute Gasteiger partial charge is 0.396 e. The zero-order valence-electron chi connectivity index (χ0n) is 22.6. The first kappa shape index (κ1) is 39.8. The van der Waals surface area contributed by atoms with Crippen LogP contribution in [0.5, 0.6) is 0 Å². The van der Waals surface area contributed by atoms with Crippen LogP contribution in [0.2, 0.25) is 0 Å². The van der Waals surface area contributed by atoms with E-state index in [2.05, 4.69) is 34.6 Å². The van der Waals surface area contributed by atoms with Crippen LogP contribution in [0.1, 0.15) is 60.8 Å². The first-order valence-corrected chi connectivity index (χ1v) is 14.2. The van der Waals surface area contributed by atoms with E-state index in [-0.39, 0.29) is 124 Å². The van der Waals surface area contributed by atoms with Crippen molar-refractivity contribution in [1.29, 1.82) is 0 Å². The van der Waals surface area contributed by atoms with Crippen molar-refractivity contribution in [1.82, 2.24) is 0 Å². The molecule has 13 atom stereocenters. The SMILES string of the molecule is CC1CC(CO)C(O)C1C.CC1CC(COP(C)OC2C(CO)CC(C)C2C)C(O)C1C.[W].[W].[Y]. The molecule has 0 aromatic heterocycles. The summed E-state index contributed by atoms with van der Waals surface area (Å²) in [5.41, 5.74) is 0. The Morgan fingerprint density at radius 2 is 1.09 bits per heavy atom. The van der Waals surface area contributed by atoms with Crippen LogP contribution in [0.15, 0.2) is 0 Å². The Kier molecular flexibility index (Phi) is 21.5. The third-order valence-corrected chi connectivity index (χ3v) is 10.0. The molecule has 0 aliphatic heterocycles. The van der Waals surface area contributed by atoms with Crippen LogP contribution >= 0.6 is 8.38 Å². The molecule has 1 radical (unpaired) electrons. The zero-order chi connectivity index (χ0) is 24.2. The second-order valence-corrected chi connectivity index (χ2v) is 12.5. The van der Waals surface area contributed by atoms with Crippen molar-refractivity contribution >= 4 is 8.38 Å². The molecule has 0 saturated heterocycles. The Labute approximate surface area is 269 Å². The molecule has 0 amide bonds. The second kappa shape index (κ2) is 18.9. The summed E-state index contributed by atoms with van der Waals surface area (Å²) >= 11 is 0. The van der Waals surface area contributed by atoms with Crippen LogP contribution in [0, 0.1) is 53.3 Å². The van der Waals surface area contributed by atoms with E-state index in [1.807, 2.05) is 13.6 Å². The second-order valence-electron chi connectivity index (χ2n) is 11.1. The topological polar surface area (TPSA) is 99.4 Å². The smallest absolute Gasteiger partial charge is 0.167 e. The van der Waals surface area contributed by atoms with Crippen molar-refractivity contribution in [2.45, 2.75) is 79.1 Å². The number of hydrogen-bond acceptors (Lipinski definition) is 6. The van der Waals surface area contributed by atoms with Gasteiger partial charge < -0.3 is 29.5 Å². The molecule has 35 heavy (non-hydrogen) atoms. The van der Waals surface area contributed by atoms with Crippen LogP contribution < -0.4 is 0 Å². The van der Waals surface area contributed by atoms with Crippen molar-refractivity contribution in [2.24, 2.45) is 53.3 Å². The van der Waals surface area contributed by atoms with Gasteiger partial charge in [0, 0.05) is 112 Å². The Hall–Kier alpha value is 2.67. The van der Waals surface area contributed by atoms with Gasteiger partial charge in [0.2, 0.25) is 0 Å². The Morgan fingerprint density at radius 1 is 0.686 bits per heavy atom. The van der Waals surface area contributed by atoms with Gasteiger partial charge in [-0.2, -0.15) is 0 Å². The summed E-state index contributed by atoms with van der Waals surface area (Å²) in [5, 5.41) is 38.0. The molecule has 0 bridgehead atoms. The minimum Gasteiger partial charge on any atom is -0.396 e. The number of rotatable bonds is 7. The number of aliphatic hydroxyl groups excluding tert-OH is 4. The van der Waals surface area contributed by atoms with Gasteiger partial charge in [-0.05, 0) is 54.8 Å². The van der Waals surface area contributed by atoms with Crippen molar-refractivity contribution < 1.29 is 104 Å². The zero-order valence-corrected chi connectivity index (χ0v) is 32.2. The van der Waals surface area contributed by atoms with Gasteiger partial charge in [-0.1, -0.05) is 41.5 Å². The molecule has 13 unspecified atom stereocenters. The van der Waals surface area contributed by atoms with Crippen LogP contribution in [0.25, 0.3) is 0 Å². The van der Waals surface area contributed by atoms with Crippen molar-refractivity contribution in [3.63, 3.8) is 0 Å². The molecule has 205 valence electrons. The van der Waals surface area contributed by atoms with Gasteiger partial charge in [0.05, 0.1) is 24.9 Å². The third kappa shape index (κ3) is 10.9. The van der Waals surface area contributed by atoms with Gasteiger partial charge in [0.15, 0.2) is 8.38 Å². The van der Waals surface area contributed by atoms with Gasteiger partial charge in [-0.25, -0.2) is 0 Å². The molecular formula is C25H49O6PW2Y. The number of hydrogen-bond donors (Lipinski definition) is 4. The van der Waals surface area contributed by atoms with Gasteiger partial charge in [0.25, 0.3) is 0 Å². The van der Waals surface area contributed by atoms with Gasteiger partial charge in [0.1, 0.15) is 0 Å². The minimum absolute atomic E-state index is 0. The van der Waals surface area contributed by atoms with E-state index in [0.29, 0.717) is 42.1 Å². The Balaban J connectivity index is 0. The molecule has 3 aliphatic rings. The quantitative estimate of drug-likeness (QED) is 0.290. The van der Waals surface area contributed by atoms with Crippen molar-refractivity contribution in [2.75, 3.05) is 26.5 Å². The van der Waals surface area contributed by atoms with E-state index in [0.717, 1.165) is 19.3 Å². The summed E-state index contributed by atoms with van der Waals surface area (Å²) < 4.78 is 12.1. The average Bonchev–Trinajstić information content (AvgIpc) is 3.29. The fourth-order valence-electron chi connectivity index (χ4n) is 5.89. The molecule has 6 nitrogen and oxygen atoms in total. The summed E-state index contributed by atoms with van der Waals surface area (Å²) in [5.74, 6) is 3.47. The monoisotopic (exact) mass is 933 g/mol. The van der Waals surface area contributed by atoms with E-state index in [9.17, 15) is 15.3 Å². The molecule has 0 heterocycles. The van der Waals surface area contributed by atoms with Crippen LogP contribution in [0.4, 0.5) is 0 Å². The van der Waals surface area contributed by atoms with Crippen LogP contribution in [-0.4, -0.2) is 65.2 Å². The molecular weight excluding hydrogens is 884 g/mol. The van der Waals surface area contributed by atoms with Gasteiger partial charge >= 0.3 is 0 Å². The molecule has 4 N–H and O–H groups in total. The fourth-order valence-corrected chi connectivity index (χ4v) is 7.06. The summed E-state index contributed by atoms with van der Waals surface area (Å²) in [6.07, 6.45) is 2.60. The van der Waals surface area contributed by atoms with E-state index >= 15 is 0 Å². The van der Waals surface area contributed by atoms with Crippen molar-refractivity contribution in [3.8, 4) is 0 Å². The minimum atomic E-state index is -0.956. The Morgan fingerprint density at radius 3 is 1.46 bits per heavy atom. The summed E-state index contributed by atoms with van der Waals surface area (Å²) in [6, 6.07) is 0. The standard InChI is InChI=1S/C17H33O4P.C8H16O2.2W.Y/c1-10-7-15(16(19)12(10)3)9-20-22(5)21-17-13(4)11(2)6-14(17)8-18;1-5-3-7(4-9)8(10)6(5)2;;;/h10-19H,6-9H2,1-5H3;5-10H,3-4H2,1-2H3;;;. The molecule has 3 rings (SSSR count). The summed E-state index contributed by atoms with van der Waals surface area (Å²) in [6.45, 7) is 15.8. The van der Waals surface area contributed by atoms with Gasteiger partial charge in [-0.3, -0.25) is 0 Å². The third-order valence-electron chi connectivity index (χ3n) is 8.95. The maximum atomic E-state index is 10.2. The van der Waals surface area contributed by atoms with Crippen LogP contribution in [0.3, 0.4) is 0 Å². The molecule has 3 aliphatic carbocycles. The maximum Gasteiger partial charge on any atom is 0.167 e. The van der Waals surface area contributed by atoms with Crippen molar-refractivity contribution in [3.05, 3.63) is 0 Å². The first-order chi connectivity index (χ1) is 15.0. The molecule has 0 spiro atoms. The molecule has 3 fully saturated rings. The van der Waals surface area contributed by atoms with Gasteiger partial charge in [-0.15, -0.1) is 0 Å². The predicted molar refractivity (Wildman–Crippen MR) is 129 cm³/mol. The molecule has 0 aromatic rings. The van der Waals surface area contributed by atoms with E-state index in [1.54, 1.807) is 0 Å². The molecule has 3 saturated carbocycles. The summed E-state index contributed by atoms with van der Waals surface area (Å²) in [7, 11) is -0.956. The predicted octanol–water partition coefficient (Wildman–Crippen LogP) is 3.89. The van der Waals surface area contributed by atoms with E-state index in [4.69, 9.17) is 14.2 Å². The first-order valence-electron chi connectivity index (χ1n) is 12.6. The molecule has 10 heteroatoms. The number of aliphatic hydroxyl groups is 4. The normalized spacial score (nSPS) is 43.3.